The predicted molar refractivity (Wildman–Crippen MR) is 101 cm³/mol. The molecule has 3 aromatic carbocycles. The van der Waals surface area contributed by atoms with Crippen molar-refractivity contribution in [2.45, 2.75) is 18.8 Å². The number of carbonyl (C=O) groups is 1. The number of methoxy groups -OCH3 is 1. The monoisotopic (exact) mass is 344 g/mol. The lowest BCUT2D eigenvalue weighted by molar-refractivity contribution is 0.103. The van der Waals surface area contributed by atoms with E-state index in [9.17, 15) is 9.90 Å². The number of hydrogen-bond donors (Lipinski definition) is 1. The molecular formula is C23H20O3. The van der Waals surface area contributed by atoms with Crippen LogP contribution >= 0.6 is 0 Å². The third-order valence-corrected chi connectivity index (χ3v) is 5.31. The maximum Gasteiger partial charge on any atom is 0.193 e. The van der Waals surface area contributed by atoms with E-state index in [2.05, 4.69) is 6.92 Å². The summed E-state index contributed by atoms with van der Waals surface area (Å²) in [6, 6.07) is 21.2. The molecule has 0 heterocycles. The van der Waals surface area contributed by atoms with Gasteiger partial charge in [0.1, 0.15) is 0 Å². The van der Waals surface area contributed by atoms with Crippen LogP contribution in [0.5, 0.6) is 11.5 Å². The number of fused-ring (bicyclic) bond motifs is 2. The molecule has 1 atom stereocenters. The Morgan fingerprint density at radius 3 is 2.08 bits per heavy atom. The average Bonchev–Trinajstić information content (AvgIpc) is 2.68. The number of carbonyl (C=O) groups excluding carboxylic acids is 1. The molecule has 130 valence electrons. The third-order valence-electron chi connectivity index (χ3n) is 5.31. The normalized spacial score (nSPS) is 14.5. The molecular weight excluding hydrogens is 324 g/mol. The summed E-state index contributed by atoms with van der Waals surface area (Å²) < 4.78 is 5.28. The second kappa shape index (κ2) is 6.34. The number of benzene rings is 3. The number of aromatic hydroxyl groups is 1. The number of ketones is 1. The van der Waals surface area contributed by atoms with Gasteiger partial charge in [0.25, 0.3) is 0 Å². The van der Waals surface area contributed by atoms with Gasteiger partial charge in [-0.2, -0.15) is 0 Å². The number of rotatable bonds is 3. The molecule has 1 unspecified atom stereocenters. The number of phenolic OH excluding ortho intramolecular Hbond substituents is 1. The van der Waals surface area contributed by atoms with Crippen molar-refractivity contribution < 1.29 is 14.6 Å². The highest BCUT2D eigenvalue weighted by Crippen LogP contribution is 2.45. The standard InChI is InChI=1S/C23H20O3/c1-14(15-11-12-20(24)21(13-15)26-2)22-16-7-3-5-9-18(16)23(25)19-10-6-4-8-17(19)22/h3-14,22,24H,1-2H3. The van der Waals surface area contributed by atoms with Crippen LogP contribution in [-0.2, 0) is 0 Å². The van der Waals surface area contributed by atoms with Gasteiger partial charge >= 0.3 is 0 Å². The predicted octanol–water partition coefficient (Wildman–Crippen LogP) is 4.88. The van der Waals surface area contributed by atoms with Gasteiger partial charge in [0.05, 0.1) is 7.11 Å². The Kier molecular flexibility index (Phi) is 4.00. The lowest BCUT2D eigenvalue weighted by Crippen LogP contribution is -2.22. The van der Waals surface area contributed by atoms with Crippen molar-refractivity contribution in [2.24, 2.45) is 0 Å². The molecule has 0 spiro atoms. The van der Waals surface area contributed by atoms with Crippen molar-refractivity contribution in [3.63, 3.8) is 0 Å². The van der Waals surface area contributed by atoms with E-state index in [0.29, 0.717) is 5.75 Å². The van der Waals surface area contributed by atoms with Gasteiger partial charge in [0.2, 0.25) is 0 Å². The van der Waals surface area contributed by atoms with Gasteiger partial charge in [0.15, 0.2) is 17.3 Å². The lowest BCUT2D eigenvalue weighted by atomic mass is 9.70. The first-order valence-corrected chi connectivity index (χ1v) is 8.71. The van der Waals surface area contributed by atoms with Crippen molar-refractivity contribution in [1.29, 1.82) is 0 Å². The van der Waals surface area contributed by atoms with Crippen LogP contribution in [0.1, 0.15) is 51.4 Å². The van der Waals surface area contributed by atoms with E-state index in [1.165, 1.54) is 0 Å². The summed E-state index contributed by atoms with van der Waals surface area (Å²) in [7, 11) is 1.55. The molecule has 3 aromatic rings. The van der Waals surface area contributed by atoms with Crippen molar-refractivity contribution in [3.05, 3.63) is 94.5 Å². The summed E-state index contributed by atoms with van der Waals surface area (Å²) in [6.07, 6.45) is 0. The molecule has 0 aromatic heterocycles. The van der Waals surface area contributed by atoms with E-state index in [1.54, 1.807) is 13.2 Å². The molecule has 3 heteroatoms. The Morgan fingerprint density at radius 1 is 0.923 bits per heavy atom. The molecule has 1 aliphatic carbocycles. The Labute approximate surface area is 152 Å². The van der Waals surface area contributed by atoms with Crippen LogP contribution in [0.3, 0.4) is 0 Å². The Morgan fingerprint density at radius 2 is 1.50 bits per heavy atom. The fourth-order valence-electron chi connectivity index (χ4n) is 3.97. The van der Waals surface area contributed by atoms with Gasteiger partial charge in [-0.25, -0.2) is 0 Å². The van der Waals surface area contributed by atoms with Crippen molar-refractivity contribution >= 4 is 5.78 Å². The van der Waals surface area contributed by atoms with E-state index in [-0.39, 0.29) is 23.4 Å². The fourth-order valence-corrected chi connectivity index (χ4v) is 3.97. The van der Waals surface area contributed by atoms with E-state index < -0.39 is 0 Å². The summed E-state index contributed by atoms with van der Waals surface area (Å²) >= 11 is 0. The van der Waals surface area contributed by atoms with Gasteiger partial charge in [0, 0.05) is 17.0 Å². The lowest BCUT2D eigenvalue weighted by Gasteiger charge is -2.32. The molecule has 1 N–H and O–H groups in total. The smallest absolute Gasteiger partial charge is 0.193 e. The zero-order chi connectivity index (χ0) is 18.3. The van der Waals surface area contributed by atoms with Gasteiger partial charge in [-0.1, -0.05) is 61.5 Å². The quantitative estimate of drug-likeness (QED) is 0.736. The minimum atomic E-state index is 0.0642. The first kappa shape index (κ1) is 16.4. The minimum absolute atomic E-state index is 0.0642. The molecule has 0 fully saturated rings. The molecule has 0 saturated heterocycles. The van der Waals surface area contributed by atoms with Crippen molar-refractivity contribution in [1.82, 2.24) is 0 Å². The molecule has 26 heavy (non-hydrogen) atoms. The second-order valence-electron chi connectivity index (χ2n) is 6.70. The van der Waals surface area contributed by atoms with Crippen LogP contribution in [0, 0.1) is 0 Å². The van der Waals surface area contributed by atoms with Crippen molar-refractivity contribution in [2.75, 3.05) is 7.11 Å². The van der Waals surface area contributed by atoms with Crippen LogP contribution in [0.25, 0.3) is 0 Å². The molecule has 0 saturated carbocycles. The molecule has 4 rings (SSSR count). The zero-order valence-electron chi connectivity index (χ0n) is 14.8. The van der Waals surface area contributed by atoms with Crippen LogP contribution in [0.15, 0.2) is 66.7 Å². The highest BCUT2D eigenvalue weighted by atomic mass is 16.5. The molecule has 0 radical (unpaired) electrons. The Bertz CT molecular complexity index is 941. The van der Waals surface area contributed by atoms with E-state index >= 15 is 0 Å². The highest BCUT2D eigenvalue weighted by molar-refractivity contribution is 6.12. The molecule has 1 aliphatic rings. The SMILES string of the molecule is COc1cc(C(C)C2c3ccccc3C(=O)c3ccccc32)ccc1O. The summed E-state index contributed by atoms with van der Waals surface area (Å²) in [5, 5.41) is 9.91. The molecule has 0 bridgehead atoms. The van der Waals surface area contributed by atoms with Crippen LogP contribution in [0.2, 0.25) is 0 Å². The summed E-state index contributed by atoms with van der Waals surface area (Å²) in [6.45, 7) is 2.15. The first-order valence-electron chi connectivity index (χ1n) is 8.71. The van der Waals surface area contributed by atoms with Crippen LogP contribution in [0.4, 0.5) is 0 Å². The number of ether oxygens (including phenoxy) is 1. The molecule has 0 amide bonds. The van der Waals surface area contributed by atoms with Gasteiger partial charge < -0.3 is 9.84 Å². The van der Waals surface area contributed by atoms with Gasteiger partial charge in [-0.05, 0) is 34.7 Å². The molecule has 0 aliphatic heterocycles. The minimum Gasteiger partial charge on any atom is -0.504 e. The largest absolute Gasteiger partial charge is 0.504 e. The maximum atomic E-state index is 12.9. The second-order valence-corrected chi connectivity index (χ2v) is 6.70. The summed E-state index contributed by atoms with van der Waals surface area (Å²) in [4.78, 5) is 12.9. The van der Waals surface area contributed by atoms with Crippen molar-refractivity contribution in [3.8, 4) is 11.5 Å². The van der Waals surface area contributed by atoms with E-state index in [4.69, 9.17) is 4.74 Å². The van der Waals surface area contributed by atoms with Gasteiger partial charge in [-0.15, -0.1) is 0 Å². The third kappa shape index (κ3) is 2.48. The van der Waals surface area contributed by atoms with Gasteiger partial charge in [-0.3, -0.25) is 4.79 Å². The fraction of sp³-hybridized carbons (Fsp3) is 0.174. The number of hydrogen-bond acceptors (Lipinski definition) is 3. The Balaban J connectivity index is 1.89. The summed E-state index contributed by atoms with van der Waals surface area (Å²) in [5.41, 5.74) is 4.71. The first-order chi connectivity index (χ1) is 12.6. The van der Waals surface area contributed by atoms with Crippen LogP contribution < -0.4 is 4.74 Å². The maximum absolute atomic E-state index is 12.9. The van der Waals surface area contributed by atoms with E-state index in [0.717, 1.165) is 27.8 Å². The highest BCUT2D eigenvalue weighted by Gasteiger charge is 2.34. The zero-order valence-corrected chi connectivity index (χ0v) is 14.8. The Hall–Kier alpha value is -3.07. The van der Waals surface area contributed by atoms with Crippen LogP contribution in [-0.4, -0.2) is 18.0 Å². The van der Waals surface area contributed by atoms with E-state index in [1.807, 2.05) is 60.7 Å². The molecule has 3 nitrogen and oxygen atoms in total. The topological polar surface area (TPSA) is 46.5 Å². The number of phenols is 1. The average molecular weight is 344 g/mol. The summed E-state index contributed by atoms with van der Waals surface area (Å²) in [5.74, 6) is 0.850.